The van der Waals surface area contributed by atoms with Gasteiger partial charge in [-0.1, -0.05) is 42.5 Å². The summed E-state index contributed by atoms with van der Waals surface area (Å²) < 4.78 is 0.183. The number of anilines is 1. The molecule has 0 atom stereocenters. The van der Waals surface area contributed by atoms with E-state index in [1.165, 1.54) is 11.6 Å². The van der Waals surface area contributed by atoms with Crippen LogP contribution < -0.4 is 15.9 Å². The first-order valence-electron chi connectivity index (χ1n) is 9.57. The number of hydrogen-bond donors (Lipinski definition) is 3. The summed E-state index contributed by atoms with van der Waals surface area (Å²) in [5, 5.41) is 3.98. The van der Waals surface area contributed by atoms with Crippen LogP contribution in [0.4, 0.5) is 5.69 Å². The molecule has 0 aliphatic carbocycles. The maximum Gasteiger partial charge on any atom is 0.251 e. The third-order valence-corrected chi connectivity index (χ3v) is 4.63. The fraction of sp³-hybridized carbons (Fsp3) is 0.182. The predicted molar refractivity (Wildman–Crippen MR) is 121 cm³/mol. The zero-order chi connectivity index (χ0) is 21.3. The number of hydrazone groups is 1. The van der Waals surface area contributed by atoms with Crippen LogP contribution in [0.15, 0.2) is 70.6 Å². The van der Waals surface area contributed by atoms with Crippen molar-refractivity contribution in [3.63, 3.8) is 0 Å². The largest absolute Gasteiger partial charge is 0.367 e. The Kier molecular flexibility index (Phi) is 7.29. The lowest BCUT2D eigenvalue weighted by Crippen LogP contribution is -2.22. The molecule has 0 saturated carbocycles. The molecule has 1 amide bonds. The van der Waals surface area contributed by atoms with Crippen LogP contribution in [-0.4, -0.2) is 28.6 Å². The first-order valence-corrected chi connectivity index (χ1v) is 9.97. The quantitative estimate of drug-likeness (QED) is 0.296. The molecule has 3 aromatic rings. The van der Waals surface area contributed by atoms with Gasteiger partial charge in [-0.3, -0.25) is 14.6 Å². The van der Waals surface area contributed by atoms with Crippen LogP contribution >= 0.6 is 12.2 Å². The fourth-order valence-corrected chi connectivity index (χ4v) is 3.20. The van der Waals surface area contributed by atoms with Crippen molar-refractivity contribution < 1.29 is 4.79 Å². The van der Waals surface area contributed by atoms with Crippen molar-refractivity contribution in [2.24, 2.45) is 5.10 Å². The van der Waals surface area contributed by atoms with Crippen LogP contribution in [0.25, 0.3) is 0 Å². The molecular weight excluding hydrogens is 398 g/mol. The normalized spacial score (nSPS) is 10.8. The molecule has 1 heterocycles. The monoisotopic (exact) mass is 421 g/mol. The predicted octanol–water partition coefficient (Wildman–Crippen LogP) is 3.15. The second-order valence-corrected chi connectivity index (χ2v) is 7.08. The first-order chi connectivity index (χ1) is 14.5. The topological polar surface area (TPSA) is 93.3 Å². The smallest absolute Gasteiger partial charge is 0.251 e. The summed E-state index contributed by atoms with van der Waals surface area (Å²) in [6.07, 6.45) is 1.56. The van der Waals surface area contributed by atoms with Gasteiger partial charge >= 0.3 is 0 Å². The number of amides is 1. The minimum atomic E-state index is -0.349. The molecule has 0 spiro atoms. The van der Waals surface area contributed by atoms with E-state index in [1.54, 1.807) is 6.21 Å². The van der Waals surface area contributed by atoms with Gasteiger partial charge in [-0.15, -0.1) is 0 Å². The molecule has 0 fully saturated rings. The van der Waals surface area contributed by atoms with Crippen molar-refractivity contribution in [3.8, 4) is 0 Å². The van der Waals surface area contributed by atoms with E-state index in [-0.39, 0.29) is 22.7 Å². The first kappa shape index (κ1) is 21.2. The lowest BCUT2D eigenvalue weighted by atomic mass is 10.1. The Hall–Kier alpha value is -3.52. The molecule has 7 nitrogen and oxygen atoms in total. The Morgan fingerprint density at radius 2 is 1.87 bits per heavy atom. The van der Waals surface area contributed by atoms with E-state index in [0.717, 1.165) is 24.3 Å². The SMILES string of the molecule is CCN(Cc1ccccc1)c1ccc(/C=N\NC(=O)Cc2cc(=O)[nH]c(=S)[nH]2)cc1. The minimum Gasteiger partial charge on any atom is -0.367 e. The average Bonchev–Trinajstić information content (AvgIpc) is 2.72. The average molecular weight is 422 g/mol. The van der Waals surface area contributed by atoms with Gasteiger partial charge in [-0.25, -0.2) is 5.43 Å². The molecule has 8 heteroatoms. The summed E-state index contributed by atoms with van der Waals surface area (Å²) in [5.74, 6) is -0.348. The number of carbonyl (C=O) groups is 1. The Morgan fingerprint density at radius 3 is 2.53 bits per heavy atom. The molecule has 0 bridgehead atoms. The molecule has 0 saturated heterocycles. The van der Waals surface area contributed by atoms with Gasteiger partial charge in [0.2, 0.25) is 5.91 Å². The molecule has 3 rings (SSSR count). The van der Waals surface area contributed by atoms with Crippen LogP contribution in [0.1, 0.15) is 23.7 Å². The molecule has 0 radical (unpaired) electrons. The van der Waals surface area contributed by atoms with Gasteiger partial charge in [0.15, 0.2) is 4.77 Å². The van der Waals surface area contributed by atoms with Crippen LogP contribution in [0.5, 0.6) is 0 Å². The van der Waals surface area contributed by atoms with Gasteiger partial charge in [0.25, 0.3) is 5.56 Å². The number of nitrogens with one attached hydrogen (secondary N) is 3. The molecule has 0 aliphatic rings. The summed E-state index contributed by atoms with van der Waals surface area (Å²) in [6, 6.07) is 19.6. The molecule has 0 aliphatic heterocycles. The molecule has 2 aromatic carbocycles. The van der Waals surface area contributed by atoms with Gasteiger partial charge in [-0.2, -0.15) is 5.10 Å². The number of H-pyrrole nitrogens is 2. The van der Waals surface area contributed by atoms with E-state index < -0.39 is 0 Å². The summed E-state index contributed by atoms with van der Waals surface area (Å²) in [4.78, 5) is 30.8. The summed E-state index contributed by atoms with van der Waals surface area (Å²) >= 11 is 4.89. The van der Waals surface area contributed by atoms with Crippen molar-refractivity contribution in [1.29, 1.82) is 0 Å². The molecule has 0 unspecified atom stereocenters. The highest BCUT2D eigenvalue weighted by Crippen LogP contribution is 2.17. The lowest BCUT2D eigenvalue weighted by molar-refractivity contribution is -0.120. The second kappa shape index (κ2) is 10.3. The highest BCUT2D eigenvalue weighted by atomic mass is 32.1. The van der Waals surface area contributed by atoms with Crippen molar-refractivity contribution in [2.45, 2.75) is 19.9 Å². The Morgan fingerprint density at radius 1 is 1.13 bits per heavy atom. The van der Waals surface area contributed by atoms with Crippen LogP contribution in [0.3, 0.4) is 0 Å². The van der Waals surface area contributed by atoms with E-state index in [9.17, 15) is 9.59 Å². The zero-order valence-corrected chi connectivity index (χ0v) is 17.4. The molecule has 30 heavy (non-hydrogen) atoms. The van der Waals surface area contributed by atoms with Crippen molar-refractivity contribution in [3.05, 3.63) is 92.6 Å². The number of nitrogens with zero attached hydrogens (tertiary/aromatic N) is 2. The van der Waals surface area contributed by atoms with Gasteiger partial charge < -0.3 is 9.88 Å². The minimum absolute atomic E-state index is 0.0191. The molecule has 154 valence electrons. The molecular formula is C22H23N5O2S. The molecule has 1 aromatic heterocycles. The lowest BCUT2D eigenvalue weighted by Gasteiger charge is -2.23. The summed E-state index contributed by atoms with van der Waals surface area (Å²) in [6.45, 7) is 3.86. The summed E-state index contributed by atoms with van der Waals surface area (Å²) in [5.41, 5.74) is 5.78. The zero-order valence-electron chi connectivity index (χ0n) is 16.6. The van der Waals surface area contributed by atoms with E-state index in [4.69, 9.17) is 12.2 Å². The third kappa shape index (κ3) is 6.25. The van der Waals surface area contributed by atoms with Crippen LogP contribution in [-0.2, 0) is 17.8 Å². The Balaban J connectivity index is 1.56. The van der Waals surface area contributed by atoms with E-state index >= 15 is 0 Å². The number of rotatable bonds is 8. The van der Waals surface area contributed by atoms with Crippen LogP contribution in [0.2, 0.25) is 0 Å². The number of benzene rings is 2. The van der Waals surface area contributed by atoms with Crippen molar-refractivity contribution in [2.75, 3.05) is 11.4 Å². The summed E-state index contributed by atoms with van der Waals surface area (Å²) in [7, 11) is 0. The van der Waals surface area contributed by atoms with Gasteiger partial charge in [0.05, 0.1) is 12.6 Å². The van der Waals surface area contributed by atoms with Crippen molar-refractivity contribution in [1.82, 2.24) is 15.4 Å². The number of carbonyl (C=O) groups excluding carboxylic acids is 1. The van der Waals surface area contributed by atoms with E-state index in [2.05, 4.69) is 44.5 Å². The third-order valence-electron chi connectivity index (χ3n) is 4.43. The van der Waals surface area contributed by atoms with Crippen LogP contribution in [0, 0.1) is 4.77 Å². The van der Waals surface area contributed by atoms with Gasteiger partial charge in [-0.05, 0) is 42.4 Å². The highest BCUT2D eigenvalue weighted by Gasteiger charge is 2.06. The van der Waals surface area contributed by atoms with E-state index in [0.29, 0.717) is 5.69 Å². The highest BCUT2D eigenvalue weighted by molar-refractivity contribution is 7.71. The van der Waals surface area contributed by atoms with Crippen molar-refractivity contribution >= 4 is 30.0 Å². The van der Waals surface area contributed by atoms with E-state index in [1.807, 2.05) is 42.5 Å². The van der Waals surface area contributed by atoms with Gasteiger partial charge in [0.1, 0.15) is 0 Å². The maximum atomic E-state index is 12.0. The maximum absolute atomic E-state index is 12.0. The fourth-order valence-electron chi connectivity index (χ4n) is 2.97. The Labute approximate surface area is 179 Å². The van der Waals surface area contributed by atoms with Gasteiger partial charge in [0, 0.05) is 30.5 Å². The number of hydrogen-bond acceptors (Lipinski definition) is 5. The second-order valence-electron chi connectivity index (χ2n) is 6.67. The number of aromatic nitrogens is 2. The molecule has 3 N–H and O–H groups in total. The Bertz CT molecular complexity index is 1090. The standard InChI is InChI=1S/C22H23N5O2S/c1-2-27(15-17-6-4-3-5-7-17)19-10-8-16(9-11-19)14-23-26-21(29)13-18-12-20(28)25-22(30)24-18/h3-12,14H,2,13,15H2,1H3,(H,26,29)(H2,24,25,28,30)/b23-14-. The number of aromatic amines is 2.